The molecule has 1 aliphatic heterocycles. The summed E-state index contributed by atoms with van der Waals surface area (Å²) in [7, 11) is 0. The summed E-state index contributed by atoms with van der Waals surface area (Å²) in [4.78, 5) is 13.0. The Kier molecular flexibility index (Phi) is 6.48. The van der Waals surface area contributed by atoms with Crippen molar-refractivity contribution in [2.45, 2.75) is 64.4 Å². The Labute approximate surface area is 166 Å². The number of thioether (sulfide) groups is 1. The van der Waals surface area contributed by atoms with E-state index in [1.807, 2.05) is 17.8 Å². The standard InChI is InChI=1S/C23H28O3S/c1-5-18-19(6-2)23-21(20(7-3)22(18)25-15(4)24)13-16(26-23)14-27-17-11-9-8-10-12-17/h8-12,16H,5-7,13-14H2,1-4H3. The lowest BCUT2D eigenvalue weighted by Crippen LogP contribution is -2.16. The smallest absolute Gasteiger partial charge is 0.308 e. The van der Waals surface area contributed by atoms with Crippen LogP contribution in [0, 0.1) is 0 Å². The molecule has 0 aromatic heterocycles. The van der Waals surface area contributed by atoms with Gasteiger partial charge in [0.05, 0.1) is 0 Å². The molecule has 2 aromatic carbocycles. The Bertz CT molecular complexity index is 814. The maximum atomic E-state index is 11.7. The average molecular weight is 385 g/mol. The molecule has 0 amide bonds. The number of carbonyl (C=O) groups excluding carboxylic acids is 1. The van der Waals surface area contributed by atoms with Gasteiger partial charge < -0.3 is 9.47 Å². The summed E-state index contributed by atoms with van der Waals surface area (Å²) in [6.07, 6.45) is 3.58. The van der Waals surface area contributed by atoms with Crippen LogP contribution in [0.1, 0.15) is 49.9 Å². The molecule has 0 bridgehead atoms. The fourth-order valence-electron chi connectivity index (χ4n) is 3.89. The lowest BCUT2D eigenvalue weighted by Gasteiger charge is -2.20. The van der Waals surface area contributed by atoms with E-state index in [1.54, 1.807) is 0 Å². The first kappa shape index (κ1) is 19.8. The second kappa shape index (κ2) is 8.83. The lowest BCUT2D eigenvalue weighted by atomic mass is 9.90. The van der Waals surface area contributed by atoms with Crippen molar-refractivity contribution in [2.75, 3.05) is 5.75 Å². The molecule has 0 saturated heterocycles. The third-order valence-electron chi connectivity index (χ3n) is 5.03. The van der Waals surface area contributed by atoms with E-state index in [4.69, 9.17) is 9.47 Å². The van der Waals surface area contributed by atoms with Crippen molar-refractivity contribution in [2.24, 2.45) is 0 Å². The predicted octanol–water partition coefficient (Wildman–Crippen LogP) is 5.39. The number of fused-ring (bicyclic) bond motifs is 1. The Hall–Kier alpha value is -1.94. The predicted molar refractivity (Wildman–Crippen MR) is 111 cm³/mol. The molecule has 0 spiro atoms. The molecule has 0 saturated carbocycles. The first-order valence-electron chi connectivity index (χ1n) is 9.81. The molecule has 2 aromatic rings. The second-order valence-corrected chi connectivity index (χ2v) is 7.89. The summed E-state index contributed by atoms with van der Waals surface area (Å²) in [6.45, 7) is 7.87. The van der Waals surface area contributed by atoms with Crippen molar-refractivity contribution in [1.29, 1.82) is 0 Å². The van der Waals surface area contributed by atoms with Gasteiger partial charge in [-0.3, -0.25) is 4.79 Å². The highest BCUT2D eigenvalue weighted by Gasteiger charge is 2.32. The minimum absolute atomic E-state index is 0.151. The summed E-state index contributed by atoms with van der Waals surface area (Å²) in [5.74, 6) is 2.48. The molecule has 0 N–H and O–H groups in total. The normalized spacial score (nSPS) is 15.3. The van der Waals surface area contributed by atoms with Crippen LogP contribution in [0.5, 0.6) is 11.5 Å². The van der Waals surface area contributed by atoms with Gasteiger partial charge in [0.1, 0.15) is 17.6 Å². The van der Waals surface area contributed by atoms with E-state index in [9.17, 15) is 4.79 Å². The van der Waals surface area contributed by atoms with E-state index in [1.165, 1.54) is 22.9 Å². The molecule has 0 fully saturated rings. The topological polar surface area (TPSA) is 35.5 Å². The Morgan fingerprint density at radius 1 is 1.07 bits per heavy atom. The monoisotopic (exact) mass is 384 g/mol. The molecule has 144 valence electrons. The summed E-state index contributed by atoms with van der Waals surface area (Å²) >= 11 is 1.83. The zero-order chi connectivity index (χ0) is 19.4. The minimum Gasteiger partial charge on any atom is -0.489 e. The van der Waals surface area contributed by atoms with Crippen molar-refractivity contribution in [1.82, 2.24) is 0 Å². The summed E-state index contributed by atoms with van der Waals surface area (Å²) in [5, 5.41) is 0. The number of hydrogen-bond acceptors (Lipinski definition) is 4. The van der Waals surface area contributed by atoms with Crippen molar-refractivity contribution < 1.29 is 14.3 Å². The molecule has 3 rings (SSSR count). The molecular weight excluding hydrogens is 356 g/mol. The van der Waals surface area contributed by atoms with Crippen LogP contribution in [-0.4, -0.2) is 17.8 Å². The fraction of sp³-hybridized carbons (Fsp3) is 0.435. The Morgan fingerprint density at radius 3 is 2.33 bits per heavy atom. The van der Waals surface area contributed by atoms with Crippen LogP contribution < -0.4 is 9.47 Å². The SMILES string of the molecule is CCc1c(CC)c2c(c(CC)c1OC(C)=O)CC(CSc1ccccc1)O2. The van der Waals surface area contributed by atoms with Crippen LogP contribution in [0.25, 0.3) is 0 Å². The van der Waals surface area contributed by atoms with Crippen LogP contribution in [0.3, 0.4) is 0 Å². The van der Waals surface area contributed by atoms with Crippen LogP contribution in [0.4, 0.5) is 0 Å². The molecule has 0 aliphatic carbocycles. The van der Waals surface area contributed by atoms with Crippen LogP contribution >= 0.6 is 11.8 Å². The van der Waals surface area contributed by atoms with E-state index < -0.39 is 0 Å². The maximum Gasteiger partial charge on any atom is 0.308 e. The number of benzene rings is 2. The highest BCUT2D eigenvalue weighted by Crippen LogP contribution is 2.45. The van der Waals surface area contributed by atoms with Crippen molar-refractivity contribution in [3.63, 3.8) is 0 Å². The third-order valence-corrected chi connectivity index (χ3v) is 6.17. The zero-order valence-corrected chi connectivity index (χ0v) is 17.4. The first-order valence-corrected chi connectivity index (χ1v) is 10.8. The van der Waals surface area contributed by atoms with Gasteiger partial charge in [-0.15, -0.1) is 11.8 Å². The number of esters is 1. The highest BCUT2D eigenvalue weighted by atomic mass is 32.2. The molecule has 0 radical (unpaired) electrons. The van der Waals surface area contributed by atoms with Crippen LogP contribution in [0.15, 0.2) is 35.2 Å². The van der Waals surface area contributed by atoms with Crippen molar-refractivity contribution >= 4 is 17.7 Å². The number of rotatable bonds is 7. The fourth-order valence-corrected chi connectivity index (χ4v) is 4.81. The van der Waals surface area contributed by atoms with E-state index in [0.717, 1.165) is 54.1 Å². The molecule has 1 unspecified atom stereocenters. The van der Waals surface area contributed by atoms with Gasteiger partial charge in [-0.1, -0.05) is 39.0 Å². The third kappa shape index (κ3) is 4.16. The molecule has 4 heteroatoms. The zero-order valence-electron chi connectivity index (χ0n) is 16.6. The van der Waals surface area contributed by atoms with Gasteiger partial charge in [0, 0.05) is 46.2 Å². The average Bonchev–Trinajstić information content (AvgIpc) is 3.09. The Morgan fingerprint density at radius 2 is 1.74 bits per heavy atom. The van der Waals surface area contributed by atoms with E-state index in [0.29, 0.717) is 0 Å². The van der Waals surface area contributed by atoms with E-state index in [2.05, 4.69) is 45.0 Å². The number of carbonyl (C=O) groups is 1. The molecule has 3 nitrogen and oxygen atoms in total. The summed E-state index contributed by atoms with van der Waals surface area (Å²) in [6, 6.07) is 10.4. The van der Waals surface area contributed by atoms with Gasteiger partial charge in [0.2, 0.25) is 0 Å². The largest absolute Gasteiger partial charge is 0.489 e. The molecule has 1 heterocycles. The number of ether oxygens (including phenoxy) is 2. The lowest BCUT2D eigenvalue weighted by molar-refractivity contribution is -0.132. The summed E-state index contributed by atoms with van der Waals surface area (Å²) < 4.78 is 12.1. The van der Waals surface area contributed by atoms with Gasteiger partial charge in [0.15, 0.2) is 0 Å². The van der Waals surface area contributed by atoms with Gasteiger partial charge in [-0.05, 0) is 31.4 Å². The van der Waals surface area contributed by atoms with E-state index >= 15 is 0 Å². The quantitative estimate of drug-likeness (QED) is 0.364. The molecule has 27 heavy (non-hydrogen) atoms. The Balaban J connectivity index is 1.92. The summed E-state index contributed by atoms with van der Waals surface area (Å²) in [5.41, 5.74) is 4.70. The highest BCUT2D eigenvalue weighted by molar-refractivity contribution is 7.99. The minimum atomic E-state index is -0.253. The maximum absolute atomic E-state index is 11.7. The molecule has 1 atom stereocenters. The molecule has 1 aliphatic rings. The first-order chi connectivity index (χ1) is 13.1. The number of hydrogen-bond donors (Lipinski definition) is 0. The van der Waals surface area contributed by atoms with Crippen LogP contribution in [0.2, 0.25) is 0 Å². The van der Waals surface area contributed by atoms with Crippen molar-refractivity contribution in [3.05, 3.63) is 52.6 Å². The second-order valence-electron chi connectivity index (χ2n) is 6.79. The van der Waals surface area contributed by atoms with E-state index in [-0.39, 0.29) is 12.1 Å². The van der Waals surface area contributed by atoms with Gasteiger partial charge in [0.25, 0.3) is 0 Å². The van der Waals surface area contributed by atoms with Gasteiger partial charge >= 0.3 is 5.97 Å². The van der Waals surface area contributed by atoms with Gasteiger partial charge in [-0.25, -0.2) is 0 Å². The van der Waals surface area contributed by atoms with Crippen molar-refractivity contribution in [3.8, 4) is 11.5 Å². The van der Waals surface area contributed by atoms with Crippen LogP contribution in [-0.2, 0) is 30.5 Å². The van der Waals surface area contributed by atoms with Gasteiger partial charge in [-0.2, -0.15) is 0 Å². The molecular formula is C23H28O3S.